The van der Waals surface area contributed by atoms with Crippen LogP contribution in [0.3, 0.4) is 0 Å². The zero-order valence-corrected chi connectivity index (χ0v) is 15.3. The van der Waals surface area contributed by atoms with Crippen LogP contribution in [0.5, 0.6) is 0 Å². The van der Waals surface area contributed by atoms with Crippen molar-refractivity contribution in [3.05, 3.63) is 64.5 Å². The quantitative estimate of drug-likeness (QED) is 0.682. The molecule has 5 nitrogen and oxygen atoms in total. The molecular formula is C20H18ClN3O2. The van der Waals surface area contributed by atoms with Gasteiger partial charge in [-0.3, -0.25) is 4.79 Å². The number of aromatic nitrogens is 2. The molecule has 132 valence electrons. The van der Waals surface area contributed by atoms with Crippen LogP contribution in [-0.2, 0) is 4.79 Å². The molecule has 1 atom stereocenters. The van der Waals surface area contributed by atoms with E-state index in [1.54, 1.807) is 11.0 Å². The Balaban J connectivity index is 1.59. The molecular weight excluding hydrogens is 350 g/mol. The highest BCUT2D eigenvalue weighted by molar-refractivity contribution is 6.33. The van der Waals surface area contributed by atoms with Gasteiger partial charge in [0.2, 0.25) is 17.6 Å². The van der Waals surface area contributed by atoms with Crippen LogP contribution in [0.4, 0.5) is 5.69 Å². The normalized spacial score (nSPS) is 17.1. The average Bonchev–Trinajstić information content (AvgIpc) is 3.22. The van der Waals surface area contributed by atoms with Gasteiger partial charge < -0.3 is 9.42 Å². The van der Waals surface area contributed by atoms with Crippen LogP contribution in [0, 0.1) is 13.8 Å². The Bertz CT molecular complexity index is 983. The van der Waals surface area contributed by atoms with Gasteiger partial charge in [-0.2, -0.15) is 4.98 Å². The van der Waals surface area contributed by atoms with Crippen molar-refractivity contribution in [2.45, 2.75) is 26.2 Å². The molecule has 1 amide bonds. The molecule has 2 aromatic carbocycles. The minimum absolute atomic E-state index is 0.0689. The maximum absolute atomic E-state index is 12.5. The SMILES string of the molecule is Cc1ccc(N2C[C@@H](c3nc(-c4ccccc4Cl)no3)CC2=O)c(C)c1. The smallest absolute Gasteiger partial charge is 0.232 e. The molecule has 4 rings (SSSR count). The Labute approximate surface area is 156 Å². The van der Waals surface area contributed by atoms with Gasteiger partial charge in [0.1, 0.15) is 0 Å². The van der Waals surface area contributed by atoms with Crippen molar-refractivity contribution in [1.82, 2.24) is 10.1 Å². The predicted octanol–water partition coefficient (Wildman–Crippen LogP) is 4.53. The van der Waals surface area contributed by atoms with E-state index in [0.717, 1.165) is 16.8 Å². The maximum Gasteiger partial charge on any atom is 0.232 e. The summed E-state index contributed by atoms with van der Waals surface area (Å²) in [5.74, 6) is 0.870. The van der Waals surface area contributed by atoms with E-state index in [-0.39, 0.29) is 11.8 Å². The molecule has 1 aromatic heterocycles. The number of hydrogen-bond donors (Lipinski definition) is 0. The van der Waals surface area contributed by atoms with E-state index >= 15 is 0 Å². The third kappa shape index (κ3) is 2.99. The number of hydrogen-bond acceptors (Lipinski definition) is 4. The molecule has 0 saturated carbocycles. The fourth-order valence-electron chi connectivity index (χ4n) is 3.37. The number of anilines is 1. The lowest BCUT2D eigenvalue weighted by Gasteiger charge is -2.19. The molecule has 1 fully saturated rings. The summed E-state index contributed by atoms with van der Waals surface area (Å²) in [4.78, 5) is 18.8. The summed E-state index contributed by atoms with van der Waals surface area (Å²) >= 11 is 6.20. The minimum Gasteiger partial charge on any atom is -0.339 e. The third-order valence-corrected chi connectivity index (χ3v) is 5.00. The number of rotatable bonds is 3. The van der Waals surface area contributed by atoms with Gasteiger partial charge in [-0.15, -0.1) is 0 Å². The molecule has 0 radical (unpaired) electrons. The average molecular weight is 368 g/mol. The molecule has 1 aliphatic rings. The highest BCUT2D eigenvalue weighted by atomic mass is 35.5. The number of aryl methyl sites for hydroxylation is 2. The Hall–Kier alpha value is -2.66. The number of nitrogens with zero attached hydrogens (tertiary/aromatic N) is 3. The van der Waals surface area contributed by atoms with E-state index in [2.05, 4.69) is 16.2 Å². The molecule has 1 saturated heterocycles. The second-order valence-electron chi connectivity index (χ2n) is 6.63. The van der Waals surface area contributed by atoms with Gasteiger partial charge in [-0.1, -0.05) is 46.6 Å². The molecule has 0 unspecified atom stereocenters. The Kier molecular flexibility index (Phi) is 4.24. The van der Waals surface area contributed by atoms with Gasteiger partial charge in [-0.25, -0.2) is 0 Å². The van der Waals surface area contributed by atoms with Crippen molar-refractivity contribution in [1.29, 1.82) is 0 Å². The van der Waals surface area contributed by atoms with Crippen LogP contribution in [0.2, 0.25) is 5.02 Å². The first-order valence-electron chi connectivity index (χ1n) is 8.49. The van der Waals surface area contributed by atoms with Crippen LogP contribution in [0.1, 0.15) is 29.4 Å². The summed E-state index contributed by atoms with van der Waals surface area (Å²) < 4.78 is 5.44. The number of halogens is 1. The van der Waals surface area contributed by atoms with Crippen molar-refractivity contribution >= 4 is 23.2 Å². The van der Waals surface area contributed by atoms with E-state index in [1.165, 1.54) is 5.56 Å². The van der Waals surface area contributed by atoms with Crippen LogP contribution in [-0.4, -0.2) is 22.6 Å². The van der Waals surface area contributed by atoms with E-state index in [1.807, 2.05) is 44.2 Å². The van der Waals surface area contributed by atoms with Crippen LogP contribution in [0.25, 0.3) is 11.4 Å². The van der Waals surface area contributed by atoms with Crippen molar-refractivity contribution in [3.63, 3.8) is 0 Å². The van der Waals surface area contributed by atoms with Gasteiger partial charge in [0.05, 0.1) is 10.9 Å². The first-order valence-corrected chi connectivity index (χ1v) is 8.87. The predicted molar refractivity (Wildman–Crippen MR) is 100 cm³/mol. The second-order valence-corrected chi connectivity index (χ2v) is 7.04. The molecule has 0 spiro atoms. The van der Waals surface area contributed by atoms with Gasteiger partial charge in [-0.05, 0) is 37.6 Å². The maximum atomic E-state index is 12.5. The molecule has 6 heteroatoms. The van der Waals surface area contributed by atoms with Gasteiger partial charge in [0.25, 0.3) is 0 Å². The Morgan fingerprint density at radius 3 is 2.77 bits per heavy atom. The van der Waals surface area contributed by atoms with Crippen molar-refractivity contribution in [3.8, 4) is 11.4 Å². The van der Waals surface area contributed by atoms with Crippen molar-refractivity contribution < 1.29 is 9.32 Å². The molecule has 26 heavy (non-hydrogen) atoms. The van der Waals surface area contributed by atoms with Gasteiger partial charge in [0, 0.05) is 24.2 Å². The third-order valence-electron chi connectivity index (χ3n) is 4.67. The molecule has 0 aliphatic carbocycles. The zero-order valence-electron chi connectivity index (χ0n) is 14.6. The molecule has 2 heterocycles. The first kappa shape index (κ1) is 16.8. The summed E-state index contributed by atoms with van der Waals surface area (Å²) in [6.07, 6.45) is 0.359. The number of amides is 1. The molecule has 3 aromatic rings. The van der Waals surface area contributed by atoms with E-state index < -0.39 is 0 Å². The molecule has 1 aliphatic heterocycles. The van der Waals surface area contributed by atoms with Crippen LogP contribution >= 0.6 is 11.6 Å². The van der Waals surface area contributed by atoms with E-state index in [9.17, 15) is 4.79 Å². The molecule has 0 bridgehead atoms. The largest absolute Gasteiger partial charge is 0.339 e. The monoisotopic (exact) mass is 367 g/mol. The Morgan fingerprint density at radius 1 is 1.19 bits per heavy atom. The standard InChI is InChI=1S/C20H18ClN3O2/c1-12-7-8-17(13(2)9-12)24-11-14(10-18(24)25)20-22-19(23-26-20)15-5-3-4-6-16(15)21/h3-9,14H,10-11H2,1-2H3/t14-/m0/s1. The van der Waals surface area contributed by atoms with E-state index in [0.29, 0.717) is 29.7 Å². The highest BCUT2D eigenvalue weighted by Gasteiger charge is 2.35. The van der Waals surface area contributed by atoms with E-state index in [4.69, 9.17) is 16.1 Å². The summed E-state index contributed by atoms with van der Waals surface area (Å²) in [6, 6.07) is 13.5. The molecule has 0 N–H and O–H groups in total. The fourth-order valence-corrected chi connectivity index (χ4v) is 3.59. The highest BCUT2D eigenvalue weighted by Crippen LogP contribution is 2.34. The zero-order chi connectivity index (χ0) is 18.3. The van der Waals surface area contributed by atoms with Crippen molar-refractivity contribution in [2.24, 2.45) is 0 Å². The summed E-state index contributed by atoms with van der Waals surface area (Å²) in [7, 11) is 0. The number of carbonyl (C=O) groups is 1. The lowest BCUT2D eigenvalue weighted by Crippen LogP contribution is -2.25. The summed E-state index contributed by atoms with van der Waals surface area (Å²) in [6.45, 7) is 4.60. The fraction of sp³-hybridized carbons (Fsp3) is 0.250. The second kappa shape index (κ2) is 6.57. The first-order chi connectivity index (χ1) is 12.5. The summed E-state index contributed by atoms with van der Waals surface area (Å²) in [5, 5.41) is 4.61. The van der Waals surface area contributed by atoms with Crippen molar-refractivity contribution in [2.75, 3.05) is 11.4 Å². The summed E-state index contributed by atoms with van der Waals surface area (Å²) in [5.41, 5.74) is 3.92. The van der Waals surface area contributed by atoms with Gasteiger partial charge in [0.15, 0.2) is 0 Å². The topological polar surface area (TPSA) is 59.2 Å². The van der Waals surface area contributed by atoms with Gasteiger partial charge >= 0.3 is 0 Å². The number of benzene rings is 2. The minimum atomic E-state index is -0.119. The number of carbonyl (C=O) groups excluding carboxylic acids is 1. The van der Waals surface area contributed by atoms with Crippen LogP contribution in [0.15, 0.2) is 47.0 Å². The lowest BCUT2D eigenvalue weighted by atomic mass is 10.1. The lowest BCUT2D eigenvalue weighted by molar-refractivity contribution is -0.117. The van der Waals surface area contributed by atoms with Crippen LogP contribution < -0.4 is 4.90 Å². The Morgan fingerprint density at radius 2 is 2.00 bits per heavy atom.